The second-order valence-corrected chi connectivity index (χ2v) is 4.79. The first-order valence-corrected chi connectivity index (χ1v) is 6.74. The van der Waals surface area contributed by atoms with Crippen LogP contribution in [0.15, 0.2) is 54.6 Å². The standard InChI is InChI=1S/C17H18FNO/c1-13(14-7-3-2-4-8-14)19-17(20)12-11-15-9-5-6-10-16(15)18/h2-10,13H,11-12H2,1H3,(H,19,20)/t13-/m1/s1. The van der Waals surface area contributed by atoms with E-state index in [0.29, 0.717) is 12.0 Å². The molecule has 3 heteroatoms. The summed E-state index contributed by atoms with van der Waals surface area (Å²) in [6.45, 7) is 1.94. The van der Waals surface area contributed by atoms with Crippen LogP contribution in [0.4, 0.5) is 4.39 Å². The quantitative estimate of drug-likeness (QED) is 0.884. The van der Waals surface area contributed by atoms with Gasteiger partial charge in [-0.1, -0.05) is 48.5 Å². The number of carbonyl (C=O) groups excluding carboxylic acids is 1. The van der Waals surface area contributed by atoms with Gasteiger partial charge in [0.1, 0.15) is 5.82 Å². The molecule has 2 aromatic carbocycles. The summed E-state index contributed by atoms with van der Waals surface area (Å²) < 4.78 is 13.4. The molecule has 0 spiro atoms. The highest BCUT2D eigenvalue weighted by Gasteiger charge is 2.10. The second-order valence-electron chi connectivity index (χ2n) is 4.79. The van der Waals surface area contributed by atoms with Crippen LogP contribution in [-0.2, 0) is 11.2 Å². The predicted octanol–water partition coefficient (Wildman–Crippen LogP) is 3.64. The molecule has 0 aliphatic rings. The molecule has 0 aliphatic carbocycles. The van der Waals surface area contributed by atoms with Crippen LogP contribution in [0.2, 0.25) is 0 Å². The fraction of sp³-hybridized carbons (Fsp3) is 0.235. The second kappa shape index (κ2) is 6.85. The molecule has 0 heterocycles. The highest BCUT2D eigenvalue weighted by molar-refractivity contribution is 5.76. The van der Waals surface area contributed by atoms with E-state index in [9.17, 15) is 9.18 Å². The number of halogens is 1. The van der Waals surface area contributed by atoms with Crippen molar-refractivity contribution in [2.75, 3.05) is 0 Å². The molecule has 0 aromatic heterocycles. The number of hydrogen-bond acceptors (Lipinski definition) is 1. The Morgan fingerprint density at radius 3 is 2.45 bits per heavy atom. The fourth-order valence-corrected chi connectivity index (χ4v) is 2.09. The molecule has 1 N–H and O–H groups in total. The van der Waals surface area contributed by atoms with Crippen LogP contribution >= 0.6 is 0 Å². The first kappa shape index (κ1) is 14.3. The van der Waals surface area contributed by atoms with Crippen molar-refractivity contribution in [3.8, 4) is 0 Å². The van der Waals surface area contributed by atoms with Gasteiger partial charge in [-0.2, -0.15) is 0 Å². The molecular weight excluding hydrogens is 253 g/mol. The zero-order valence-electron chi connectivity index (χ0n) is 11.5. The van der Waals surface area contributed by atoms with Crippen molar-refractivity contribution in [3.05, 3.63) is 71.5 Å². The average molecular weight is 271 g/mol. The van der Waals surface area contributed by atoms with E-state index in [1.807, 2.05) is 37.3 Å². The SMILES string of the molecule is C[C@@H](NC(=O)CCc1ccccc1F)c1ccccc1. The van der Waals surface area contributed by atoms with Crippen LogP contribution in [-0.4, -0.2) is 5.91 Å². The predicted molar refractivity (Wildman–Crippen MR) is 77.7 cm³/mol. The minimum Gasteiger partial charge on any atom is -0.350 e. The van der Waals surface area contributed by atoms with E-state index < -0.39 is 0 Å². The van der Waals surface area contributed by atoms with E-state index in [4.69, 9.17) is 0 Å². The van der Waals surface area contributed by atoms with Crippen molar-refractivity contribution in [2.45, 2.75) is 25.8 Å². The van der Waals surface area contributed by atoms with Gasteiger partial charge < -0.3 is 5.32 Å². The van der Waals surface area contributed by atoms with Crippen LogP contribution in [0, 0.1) is 5.82 Å². The lowest BCUT2D eigenvalue weighted by Gasteiger charge is -2.14. The lowest BCUT2D eigenvalue weighted by Crippen LogP contribution is -2.26. The molecule has 2 rings (SSSR count). The summed E-state index contributed by atoms with van der Waals surface area (Å²) in [4.78, 5) is 11.9. The summed E-state index contributed by atoms with van der Waals surface area (Å²) in [6, 6.07) is 16.3. The van der Waals surface area contributed by atoms with Crippen molar-refractivity contribution in [3.63, 3.8) is 0 Å². The number of carbonyl (C=O) groups is 1. The third-order valence-electron chi connectivity index (χ3n) is 3.26. The first-order valence-electron chi connectivity index (χ1n) is 6.74. The van der Waals surface area contributed by atoms with E-state index in [-0.39, 0.29) is 24.2 Å². The minimum absolute atomic E-state index is 0.0377. The van der Waals surface area contributed by atoms with Gasteiger partial charge in [0.15, 0.2) is 0 Å². The van der Waals surface area contributed by atoms with Crippen molar-refractivity contribution in [1.29, 1.82) is 0 Å². The monoisotopic (exact) mass is 271 g/mol. The van der Waals surface area contributed by atoms with E-state index in [2.05, 4.69) is 5.32 Å². The Balaban J connectivity index is 1.86. The van der Waals surface area contributed by atoms with Crippen molar-refractivity contribution < 1.29 is 9.18 Å². The molecular formula is C17H18FNO. The Morgan fingerprint density at radius 2 is 1.75 bits per heavy atom. The summed E-state index contributed by atoms with van der Waals surface area (Å²) in [6.07, 6.45) is 0.706. The maximum atomic E-state index is 13.4. The van der Waals surface area contributed by atoms with Gasteiger partial charge in [0.05, 0.1) is 6.04 Å². The Hall–Kier alpha value is -2.16. The first-order chi connectivity index (χ1) is 9.66. The highest BCUT2D eigenvalue weighted by atomic mass is 19.1. The molecule has 0 unspecified atom stereocenters. The van der Waals surface area contributed by atoms with Crippen molar-refractivity contribution >= 4 is 5.91 Å². The van der Waals surface area contributed by atoms with Crippen LogP contribution < -0.4 is 5.32 Å². The van der Waals surface area contributed by atoms with Crippen LogP contribution in [0.1, 0.15) is 30.5 Å². The number of rotatable bonds is 5. The average Bonchev–Trinajstić information content (AvgIpc) is 2.47. The third-order valence-corrected chi connectivity index (χ3v) is 3.26. The highest BCUT2D eigenvalue weighted by Crippen LogP contribution is 2.12. The molecule has 0 saturated heterocycles. The zero-order valence-corrected chi connectivity index (χ0v) is 11.5. The zero-order chi connectivity index (χ0) is 14.4. The minimum atomic E-state index is -0.253. The van der Waals surface area contributed by atoms with Gasteiger partial charge in [-0.3, -0.25) is 4.79 Å². The van der Waals surface area contributed by atoms with Gasteiger partial charge in [0, 0.05) is 6.42 Å². The smallest absolute Gasteiger partial charge is 0.220 e. The molecule has 0 radical (unpaired) electrons. The van der Waals surface area contributed by atoms with E-state index in [1.165, 1.54) is 6.07 Å². The summed E-state index contributed by atoms with van der Waals surface area (Å²) in [5.74, 6) is -0.319. The lowest BCUT2D eigenvalue weighted by molar-refractivity contribution is -0.121. The van der Waals surface area contributed by atoms with Crippen LogP contribution in [0.25, 0.3) is 0 Å². The maximum Gasteiger partial charge on any atom is 0.220 e. The van der Waals surface area contributed by atoms with Crippen LogP contribution in [0.3, 0.4) is 0 Å². The Bertz CT molecular complexity index is 568. The maximum absolute atomic E-state index is 13.4. The van der Waals surface area contributed by atoms with E-state index in [0.717, 1.165) is 5.56 Å². The topological polar surface area (TPSA) is 29.1 Å². The number of aryl methyl sites for hydroxylation is 1. The fourth-order valence-electron chi connectivity index (χ4n) is 2.09. The van der Waals surface area contributed by atoms with Crippen molar-refractivity contribution in [2.24, 2.45) is 0 Å². The summed E-state index contributed by atoms with van der Waals surface area (Å²) >= 11 is 0. The lowest BCUT2D eigenvalue weighted by atomic mass is 10.1. The van der Waals surface area contributed by atoms with Crippen LogP contribution in [0.5, 0.6) is 0 Å². The molecule has 1 amide bonds. The van der Waals surface area contributed by atoms with Gasteiger partial charge in [-0.15, -0.1) is 0 Å². The third kappa shape index (κ3) is 3.92. The molecule has 0 aliphatic heterocycles. The van der Waals surface area contributed by atoms with E-state index >= 15 is 0 Å². The number of hydrogen-bond donors (Lipinski definition) is 1. The Labute approximate surface area is 118 Å². The van der Waals surface area contributed by atoms with Gasteiger partial charge in [-0.05, 0) is 30.5 Å². The molecule has 0 fully saturated rings. The van der Waals surface area contributed by atoms with Gasteiger partial charge in [0.2, 0.25) is 5.91 Å². The van der Waals surface area contributed by atoms with Gasteiger partial charge in [-0.25, -0.2) is 4.39 Å². The molecule has 2 aromatic rings. The summed E-state index contributed by atoms with van der Waals surface area (Å²) in [5.41, 5.74) is 1.64. The Morgan fingerprint density at radius 1 is 1.10 bits per heavy atom. The summed E-state index contributed by atoms with van der Waals surface area (Å²) in [5, 5.41) is 2.92. The Kier molecular flexibility index (Phi) is 4.88. The molecule has 0 saturated carbocycles. The summed E-state index contributed by atoms with van der Waals surface area (Å²) in [7, 11) is 0. The molecule has 1 atom stereocenters. The molecule has 0 bridgehead atoms. The number of amides is 1. The van der Waals surface area contributed by atoms with Gasteiger partial charge in [0.25, 0.3) is 0 Å². The number of nitrogens with one attached hydrogen (secondary N) is 1. The van der Waals surface area contributed by atoms with Crippen molar-refractivity contribution in [1.82, 2.24) is 5.32 Å². The number of benzene rings is 2. The largest absolute Gasteiger partial charge is 0.350 e. The van der Waals surface area contributed by atoms with E-state index in [1.54, 1.807) is 18.2 Å². The molecule has 2 nitrogen and oxygen atoms in total. The van der Waals surface area contributed by atoms with Gasteiger partial charge >= 0.3 is 0 Å². The normalized spacial score (nSPS) is 11.9. The molecule has 104 valence electrons. The molecule has 20 heavy (non-hydrogen) atoms.